The minimum Gasteiger partial charge on any atom is -0.496 e. The number of nitrogens with zero attached hydrogens (tertiary/aromatic N) is 3. The number of non-ortho nitro benzene ring substituents is 1. The van der Waals surface area contributed by atoms with Gasteiger partial charge in [0.15, 0.2) is 0 Å². The maximum atomic E-state index is 11.1. The third-order valence-corrected chi connectivity index (χ3v) is 3.92. The van der Waals surface area contributed by atoms with Crippen molar-refractivity contribution in [2.24, 2.45) is 5.10 Å². The quantitative estimate of drug-likeness (QED) is 0.436. The average molecular weight is 409 g/mol. The average Bonchev–Trinajstić information content (AvgIpc) is 2.59. The molecule has 10 heteroatoms. The van der Waals surface area contributed by atoms with Crippen LogP contribution < -0.4 is 10.2 Å². The van der Waals surface area contributed by atoms with Gasteiger partial charge in [0.25, 0.3) is 5.69 Å². The fourth-order valence-corrected chi connectivity index (χ4v) is 2.52. The Morgan fingerprint density at radius 2 is 1.88 bits per heavy atom. The zero-order chi connectivity index (χ0) is 18.6. The van der Waals surface area contributed by atoms with Crippen LogP contribution >= 0.6 is 15.9 Å². The van der Waals surface area contributed by atoms with E-state index in [9.17, 15) is 20.2 Å². The Kier molecular flexibility index (Phi) is 5.65. The first-order valence-corrected chi connectivity index (χ1v) is 7.70. The van der Waals surface area contributed by atoms with E-state index in [0.29, 0.717) is 11.5 Å². The highest BCUT2D eigenvalue weighted by molar-refractivity contribution is 9.10. The lowest BCUT2D eigenvalue weighted by Gasteiger charge is -2.07. The maximum Gasteiger partial charge on any atom is 0.301 e. The lowest BCUT2D eigenvalue weighted by atomic mass is 10.1. The van der Waals surface area contributed by atoms with E-state index in [2.05, 4.69) is 26.5 Å². The number of anilines is 1. The van der Waals surface area contributed by atoms with E-state index in [1.807, 2.05) is 0 Å². The van der Waals surface area contributed by atoms with E-state index < -0.39 is 15.5 Å². The Bertz CT molecular complexity index is 869. The first kappa shape index (κ1) is 18.3. The molecule has 1 N–H and O–H groups in total. The Labute approximate surface area is 150 Å². The second kappa shape index (κ2) is 7.71. The van der Waals surface area contributed by atoms with Gasteiger partial charge in [0.2, 0.25) is 0 Å². The zero-order valence-corrected chi connectivity index (χ0v) is 14.8. The highest BCUT2D eigenvalue weighted by Crippen LogP contribution is 2.29. The molecule has 0 amide bonds. The summed E-state index contributed by atoms with van der Waals surface area (Å²) in [6.45, 7) is 1.72. The summed E-state index contributed by atoms with van der Waals surface area (Å²) in [5.41, 5.74) is 3.18. The van der Waals surface area contributed by atoms with Gasteiger partial charge in [-0.15, -0.1) is 0 Å². The van der Waals surface area contributed by atoms with Gasteiger partial charge in [-0.05, 0) is 52.7 Å². The molecule has 0 saturated heterocycles. The molecule has 0 aliphatic rings. The SMILES string of the molecule is COc1ccc(/C(C)=N\Nc2ccc([N+](=O)[O-])cc2[N+](=O)[O-])cc1Br. The third-order valence-electron chi connectivity index (χ3n) is 3.30. The van der Waals surface area contributed by atoms with Gasteiger partial charge < -0.3 is 4.74 Å². The summed E-state index contributed by atoms with van der Waals surface area (Å²) in [5.74, 6) is 0.663. The molecule has 0 radical (unpaired) electrons. The summed E-state index contributed by atoms with van der Waals surface area (Å²) in [6, 6.07) is 8.64. The minimum atomic E-state index is -0.704. The van der Waals surface area contributed by atoms with Crippen LogP contribution in [-0.2, 0) is 0 Å². The molecule has 130 valence electrons. The van der Waals surface area contributed by atoms with Crippen LogP contribution in [0.5, 0.6) is 5.75 Å². The van der Waals surface area contributed by atoms with Crippen molar-refractivity contribution in [3.63, 3.8) is 0 Å². The van der Waals surface area contributed by atoms with E-state index in [1.165, 1.54) is 12.1 Å². The highest BCUT2D eigenvalue weighted by Gasteiger charge is 2.19. The molecule has 0 bridgehead atoms. The molecular weight excluding hydrogens is 396 g/mol. The van der Waals surface area contributed by atoms with Gasteiger partial charge in [-0.1, -0.05) is 0 Å². The van der Waals surface area contributed by atoms with Crippen LogP contribution in [0.15, 0.2) is 46.0 Å². The molecule has 0 aromatic heterocycles. The number of nitro groups is 2. The fourth-order valence-electron chi connectivity index (χ4n) is 1.98. The Morgan fingerprint density at radius 3 is 2.44 bits per heavy atom. The number of hydrogen-bond acceptors (Lipinski definition) is 7. The van der Waals surface area contributed by atoms with E-state index in [0.717, 1.165) is 16.1 Å². The maximum absolute atomic E-state index is 11.1. The second-order valence-corrected chi connectivity index (χ2v) is 5.73. The molecule has 9 nitrogen and oxygen atoms in total. The smallest absolute Gasteiger partial charge is 0.301 e. The third kappa shape index (κ3) is 4.29. The van der Waals surface area contributed by atoms with Crippen LogP contribution in [-0.4, -0.2) is 22.7 Å². The molecule has 2 aromatic rings. The number of rotatable bonds is 6. The van der Waals surface area contributed by atoms with Crippen LogP contribution in [0.25, 0.3) is 0 Å². The molecule has 0 saturated carbocycles. The van der Waals surface area contributed by atoms with E-state index in [4.69, 9.17) is 4.74 Å². The van der Waals surface area contributed by atoms with Crippen molar-refractivity contribution in [2.75, 3.05) is 12.5 Å². The summed E-state index contributed by atoms with van der Waals surface area (Å²) in [5, 5.41) is 26.0. The van der Waals surface area contributed by atoms with Crippen molar-refractivity contribution in [1.29, 1.82) is 0 Å². The molecule has 2 rings (SSSR count). The van der Waals surface area contributed by atoms with Crippen molar-refractivity contribution in [3.05, 3.63) is 66.7 Å². The molecule has 0 atom stereocenters. The standard InChI is InChI=1S/C15H13BrN4O5/c1-9(10-3-6-15(25-2)12(16)7-10)17-18-13-5-4-11(19(21)22)8-14(13)20(23)24/h3-8,18H,1-2H3/b17-9-. The summed E-state index contributed by atoms with van der Waals surface area (Å²) >= 11 is 3.37. The number of nitrogens with one attached hydrogen (secondary N) is 1. The van der Waals surface area contributed by atoms with Crippen LogP contribution in [0, 0.1) is 20.2 Å². The summed E-state index contributed by atoms with van der Waals surface area (Å²) in [6.07, 6.45) is 0. The number of halogens is 1. The Hall–Kier alpha value is -3.01. The minimum absolute atomic E-state index is 0.0579. The van der Waals surface area contributed by atoms with Gasteiger partial charge in [0, 0.05) is 6.07 Å². The van der Waals surface area contributed by atoms with Gasteiger partial charge in [0.05, 0.1) is 33.2 Å². The number of hydrazone groups is 1. The predicted molar refractivity (Wildman–Crippen MR) is 96.3 cm³/mol. The first-order valence-electron chi connectivity index (χ1n) is 6.90. The molecular formula is C15H13BrN4O5. The van der Waals surface area contributed by atoms with Crippen LogP contribution in [0.4, 0.5) is 17.1 Å². The van der Waals surface area contributed by atoms with Crippen molar-refractivity contribution in [2.45, 2.75) is 6.92 Å². The molecule has 0 unspecified atom stereocenters. The zero-order valence-electron chi connectivity index (χ0n) is 13.2. The summed E-state index contributed by atoms with van der Waals surface area (Å²) in [7, 11) is 1.55. The van der Waals surface area contributed by atoms with Crippen LogP contribution in [0.3, 0.4) is 0 Å². The normalized spacial score (nSPS) is 11.1. The van der Waals surface area contributed by atoms with E-state index in [-0.39, 0.29) is 11.4 Å². The van der Waals surface area contributed by atoms with Gasteiger partial charge in [0.1, 0.15) is 11.4 Å². The number of ether oxygens (including phenoxy) is 1. The highest BCUT2D eigenvalue weighted by atomic mass is 79.9. The van der Waals surface area contributed by atoms with Crippen molar-refractivity contribution in [1.82, 2.24) is 0 Å². The number of hydrogen-bond donors (Lipinski definition) is 1. The van der Waals surface area contributed by atoms with Gasteiger partial charge in [-0.3, -0.25) is 25.7 Å². The topological polar surface area (TPSA) is 120 Å². The Balaban J connectivity index is 2.30. The summed E-state index contributed by atoms with van der Waals surface area (Å²) < 4.78 is 5.89. The molecule has 0 fully saturated rings. The lowest BCUT2D eigenvalue weighted by Crippen LogP contribution is -2.02. The van der Waals surface area contributed by atoms with E-state index >= 15 is 0 Å². The second-order valence-electron chi connectivity index (χ2n) is 4.87. The molecule has 0 aliphatic heterocycles. The largest absolute Gasteiger partial charge is 0.496 e. The van der Waals surface area contributed by atoms with Crippen molar-refractivity contribution in [3.8, 4) is 5.75 Å². The number of nitro benzene ring substituents is 2. The molecule has 0 heterocycles. The van der Waals surface area contributed by atoms with Crippen molar-refractivity contribution >= 4 is 38.7 Å². The fraction of sp³-hybridized carbons (Fsp3) is 0.133. The Morgan fingerprint density at radius 1 is 1.16 bits per heavy atom. The summed E-state index contributed by atoms with van der Waals surface area (Å²) in [4.78, 5) is 20.4. The number of methoxy groups -OCH3 is 1. The molecule has 0 spiro atoms. The lowest BCUT2D eigenvalue weighted by molar-refractivity contribution is -0.393. The number of benzene rings is 2. The van der Waals surface area contributed by atoms with E-state index in [1.54, 1.807) is 32.2 Å². The first-order chi connectivity index (χ1) is 11.8. The molecule has 0 aliphatic carbocycles. The molecule has 25 heavy (non-hydrogen) atoms. The monoisotopic (exact) mass is 408 g/mol. The van der Waals surface area contributed by atoms with Gasteiger partial charge in [-0.2, -0.15) is 5.10 Å². The molecule has 2 aromatic carbocycles. The predicted octanol–water partition coefficient (Wildman–Crippen LogP) is 4.11. The van der Waals surface area contributed by atoms with Crippen LogP contribution in [0.2, 0.25) is 0 Å². The van der Waals surface area contributed by atoms with Gasteiger partial charge in [-0.25, -0.2) is 0 Å². The van der Waals surface area contributed by atoms with Crippen LogP contribution in [0.1, 0.15) is 12.5 Å². The van der Waals surface area contributed by atoms with Crippen molar-refractivity contribution < 1.29 is 14.6 Å². The van der Waals surface area contributed by atoms with Gasteiger partial charge >= 0.3 is 5.69 Å².